The average Bonchev–Trinajstić information content (AvgIpc) is 3.24. The van der Waals surface area contributed by atoms with E-state index in [0.717, 1.165) is 19.3 Å². The number of halogens is 1. The van der Waals surface area contributed by atoms with Crippen molar-refractivity contribution in [1.29, 1.82) is 0 Å². The largest absolute Gasteiger partial charge is 0.474 e. The fraction of sp³-hybridized carbons (Fsp3) is 0.350. The minimum absolute atomic E-state index is 0.0558. The molecule has 0 spiro atoms. The first-order valence-electron chi connectivity index (χ1n) is 8.87. The molecule has 142 valence electrons. The van der Waals surface area contributed by atoms with Crippen molar-refractivity contribution >= 4 is 28.3 Å². The minimum atomic E-state index is -0.608. The molecule has 3 rings (SSSR count). The summed E-state index contributed by atoms with van der Waals surface area (Å²) in [5, 5.41) is 0.667. The molecule has 1 atom stereocenters. The summed E-state index contributed by atoms with van der Waals surface area (Å²) in [6.07, 6.45) is 3.01. The summed E-state index contributed by atoms with van der Waals surface area (Å²) in [5.41, 5.74) is 3.65. The summed E-state index contributed by atoms with van der Waals surface area (Å²) in [5.74, 6) is 0.532. The van der Waals surface area contributed by atoms with Crippen molar-refractivity contribution in [3.8, 4) is 0 Å². The van der Waals surface area contributed by atoms with Gasteiger partial charge in [-0.2, -0.15) is 0 Å². The standard InChI is InChI=1S/C20H21FN2O4/c1-3-4-5-9-15-17(18(16(11-24)27-15)20(25)23-26-2)14-10-12-7-6-8-13(21)19(12)22-14/h6-8,10,15,22H,3-5,9H2,1-2H3,(H,23,25). The van der Waals surface area contributed by atoms with Crippen LogP contribution in [-0.2, 0) is 19.2 Å². The molecule has 0 fully saturated rings. The lowest BCUT2D eigenvalue weighted by molar-refractivity contribution is -0.127. The molecular weight excluding hydrogens is 351 g/mol. The van der Waals surface area contributed by atoms with Crippen LogP contribution >= 0.6 is 0 Å². The van der Waals surface area contributed by atoms with Crippen molar-refractivity contribution in [2.45, 2.75) is 38.7 Å². The van der Waals surface area contributed by atoms with Gasteiger partial charge in [-0.25, -0.2) is 14.7 Å². The van der Waals surface area contributed by atoms with Crippen LogP contribution in [0.4, 0.5) is 4.39 Å². The Labute approximate surface area is 156 Å². The number of fused-ring (bicyclic) bond motifs is 1. The fourth-order valence-corrected chi connectivity index (χ4v) is 3.34. The van der Waals surface area contributed by atoms with E-state index in [0.29, 0.717) is 28.6 Å². The van der Waals surface area contributed by atoms with Crippen molar-refractivity contribution < 1.29 is 23.6 Å². The Hall–Kier alpha value is -2.89. The lowest BCUT2D eigenvalue weighted by Gasteiger charge is -2.13. The SMILES string of the molecule is CCCCCC1OC(=C=O)C(C(=O)NOC)=C1c1cc2cccc(F)c2[nH]1. The van der Waals surface area contributed by atoms with Crippen LogP contribution in [-0.4, -0.2) is 30.0 Å². The van der Waals surface area contributed by atoms with Crippen LogP contribution in [0.15, 0.2) is 35.6 Å². The highest BCUT2D eigenvalue weighted by molar-refractivity contribution is 6.08. The third-order valence-electron chi connectivity index (χ3n) is 4.56. The number of hydrogen-bond donors (Lipinski definition) is 2. The van der Waals surface area contributed by atoms with E-state index in [1.54, 1.807) is 24.1 Å². The molecule has 0 saturated heterocycles. The van der Waals surface area contributed by atoms with Crippen LogP contribution in [0.2, 0.25) is 0 Å². The van der Waals surface area contributed by atoms with Gasteiger partial charge in [0.25, 0.3) is 5.91 Å². The van der Waals surface area contributed by atoms with Crippen LogP contribution in [0.5, 0.6) is 0 Å². The first kappa shape index (κ1) is 18.9. The number of unbranched alkanes of at least 4 members (excludes halogenated alkanes) is 2. The van der Waals surface area contributed by atoms with Crippen molar-refractivity contribution in [2.75, 3.05) is 7.11 Å². The molecule has 7 heteroatoms. The average molecular weight is 372 g/mol. The van der Waals surface area contributed by atoms with Crippen LogP contribution in [0.1, 0.15) is 38.3 Å². The predicted octanol–water partition coefficient (Wildman–Crippen LogP) is 3.43. The van der Waals surface area contributed by atoms with Crippen LogP contribution in [0.25, 0.3) is 16.5 Å². The molecule has 0 bridgehead atoms. The zero-order chi connectivity index (χ0) is 19.4. The van der Waals surface area contributed by atoms with E-state index in [2.05, 4.69) is 17.4 Å². The maximum absolute atomic E-state index is 14.1. The second-order valence-corrected chi connectivity index (χ2v) is 6.34. The van der Waals surface area contributed by atoms with Gasteiger partial charge >= 0.3 is 0 Å². The van der Waals surface area contributed by atoms with Crippen molar-refractivity contribution in [3.05, 3.63) is 47.1 Å². The first-order chi connectivity index (χ1) is 13.1. The van der Waals surface area contributed by atoms with Crippen LogP contribution in [0, 0.1) is 5.82 Å². The molecule has 27 heavy (non-hydrogen) atoms. The third-order valence-corrected chi connectivity index (χ3v) is 4.56. The molecular formula is C20H21FN2O4. The number of amides is 1. The molecule has 1 aliphatic heterocycles. The zero-order valence-corrected chi connectivity index (χ0v) is 15.2. The predicted molar refractivity (Wildman–Crippen MR) is 98.5 cm³/mol. The second kappa shape index (κ2) is 8.20. The van der Waals surface area contributed by atoms with Crippen molar-refractivity contribution in [2.24, 2.45) is 0 Å². The summed E-state index contributed by atoms with van der Waals surface area (Å²) in [4.78, 5) is 31.6. The summed E-state index contributed by atoms with van der Waals surface area (Å²) in [6, 6.07) is 6.49. The van der Waals surface area contributed by atoms with E-state index in [9.17, 15) is 14.0 Å². The highest BCUT2D eigenvalue weighted by Crippen LogP contribution is 2.39. The zero-order valence-electron chi connectivity index (χ0n) is 15.2. The van der Waals surface area contributed by atoms with Crippen molar-refractivity contribution in [3.63, 3.8) is 0 Å². The highest BCUT2D eigenvalue weighted by atomic mass is 19.1. The molecule has 1 aliphatic rings. The number of benzene rings is 1. The maximum Gasteiger partial charge on any atom is 0.279 e. The number of carbonyl (C=O) groups excluding carboxylic acids is 2. The van der Waals surface area contributed by atoms with E-state index in [4.69, 9.17) is 9.57 Å². The van der Waals surface area contributed by atoms with Gasteiger partial charge in [-0.15, -0.1) is 0 Å². The van der Waals surface area contributed by atoms with Gasteiger partial charge in [0.15, 0.2) is 5.94 Å². The molecule has 0 aliphatic carbocycles. The molecule has 1 aromatic carbocycles. The number of aromatic nitrogens is 1. The number of carbonyl (C=O) groups is 1. The van der Waals surface area contributed by atoms with Gasteiger partial charge < -0.3 is 9.72 Å². The Morgan fingerprint density at radius 1 is 1.41 bits per heavy atom. The van der Waals surface area contributed by atoms with Crippen LogP contribution in [0.3, 0.4) is 0 Å². The summed E-state index contributed by atoms with van der Waals surface area (Å²) in [7, 11) is 1.30. The second-order valence-electron chi connectivity index (χ2n) is 6.34. The van der Waals surface area contributed by atoms with Crippen LogP contribution < -0.4 is 5.48 Å². The first-order valence-corrected chi connectivity index (χ1v) is 8.87. The van der Waals surface area contributed by atoms with E-state index in [1.807, 2.05) is 0 Å². The Morgan fingerprint density at radius 2 is 2.22 bits per heavy atom. The number of hydrogen-bond acceptors (Lipinski definition) is 4. The molecule has 0 radical (unpaired) electrons. The van der Waals surface area contributed by atoms with Crippen molar-refractivity contribution in [1.82, 2.24) is 10.5 Å². The molecule has 0 saturated carbocycles. The molecule has 1 amide bonds. The molecule has 2 aromatic rings. The van der Waals surface area contributed by atoms with Gasteiger partial charge in [-0.1, -0.05) is 31.9 Å². The number of aromatic amines is 1. The Kier molecular flexibility index (Phi) is 5.74. The number of para-hydroxylation sites is 1. The number of hydroxylamine groups is 1. The van der Waals surface area contributed by atoms with E-state index in [1.165, 1.54) is 13.2 Å². The maximum atomic E-state index is 14.1. The van der Waals surface area contributed by atoms with Gasteiger partial charge in [0, 0.05) is 16.7 Å². The highest BCUT2D eigenvalue weighted by Gasteiger charge is 2.37. The molecule has 2 heterocycles. The number of ether oxygens (including phenoxy) is 1. The summed E-state index contributed by atoms with van der Waals surface area (Å²) >= 11 is 0. The smallest absolute Gasteiger partial charge is 0.279 e. The van der Waals surface area contributed by atoms with Gasteiger partial charge in [0.2, 0.25) is 5.76 Å². The van der Waals surface area contributed by atoms with E-state index in [-0.39, 0.29) is 11.3 Å². The Balaban J connectivity index is 2.13. The minimum Gasteiger partial charge on any atom is -0.474 e. The van der Waals surface area contributed by atoms with Gasteiger partial charge in [-0.3, -0.25) is 9.63 Å². The van der Waals surface area contributed by atoms with E-state index >= 15 is 0 Å². The lowest BCUT2D eigenvalue weighted by Crippen LogP contribution is -2.24. The quantitative estimate of drug-likeness (QED) is 0.443. The topological polar surface area (TPSA) is 80.4 Å². The molecule has 1 unspecified atom stereocenters. The molecule has 1 aromatic heterocycles. The number of nitrogens with one attached hydrogen (secondary N) is 2. The Morgan fingerprint density at radius 3 is 2.89 bits per heavy atom. The normalized spacial score (nSPS) is 16.6. The van der Waals surface area contributed by atoms with Gasteiger partial charge in [0.1, 0.15) is 17.5 Å². The van der Waals surface area contributed by atoms with Gasteiger partial charge in [-0.05, 0) is 25.0 Å². The summed E-state index contributed by atoms with van der Waals surface area (Å²) < 4.78 is 19.8. The van der Waals surface area contributed by atoms with E-state index < -0.39 is 17.8 Å². The number of rotatable bonds is 7. The fourth-order valence-electron chi connectivity index (χ4n) is 3.34. The Bertz CT molecular complexity index is 941. The lowest BCUT2D eigenvalue weighted by atomic mass is 9.97. The molecule has 2 N–H and O–H groups in total. The number of H-pyrrole nitrogens is 1. The molecule has 6 nitrogen and oxygen atoms in total. The van der Waals surface area contributed by atoms with Gasteiger partial charge in [0.05, 0.1) is 12.6 Å². The third kappa shape index (κ3) is 3.65. The monoisotopic (exact) mass is 372 g/mol. The summed E-state index contributed by atoms with van der Waals surface area (Å²) in [6.45, 7) is 2.08.